The van der Waals surface area contributed by atoms with Gasteiger partial charge in [-0.25, -0.2) is 0 Å². The van der Waals surface area contributed by atoms with Gasteiger partial charge in [0, 0.05) is 7.11 Å². The third-order valence-corrected chi connectivity index (χ3v) is 0.676. The quantitative estimate of drug-likeness (QED) is 0.420. The topological polar surface area (TPSA) is 44.5 Å². The average molecular weight is 117 g/mol. The summed E-state index contributed by atoms with van der Waals surface area (Å²) in [5.74, 6) is 0. The Morgan fingerprint density at radius 3 is 2.50 bits per heavy atom. The van der Waals surface area contributed by atoms with Gasteiger partial charge in [-0.3, -0.25) is 0 Å². The fourth-order valence-electron chi connectivity index (χ4n) is 0.235. The van der Waals surface area contributed by atoms with E-state index in [0.29, 0.717) is 0 Å². The van der Waals surface area contributed by atoms with Gasteiger partial charge in [-0.2, -0.15) is 0 Å². The molecule has 0 aromatic carbocycles. The van der Waals surface area contributed by atoms with E-state index in [4.69, 9.17) is 5.73 Å². The number of methoxy groups -OCH3 is 2. The lowest BCUT2D eigenvalue weighted by Crippen LogP contribution is -2.18. The Balaban J connectivity index is 3.21. The van der Waals surface area contributed by atoms with E-state index in [1.807, 2.05) is 0 Å². The minimum Gasteiger partial charge on any atom is -0.505 e. The highest BCUT2D eigenvalue weighted by Gasteiger charge is 1.87. The predicted octanol–water partition coefficient (Wildman–Crippen LogP) is 0.0777. The maximum absolute atomic E-state index is 5.27. The van der Waals surface area contributed by atoms with Gasteiger partial charge < -0.3 is 15.2 Å². The van der Waals surface area contributed by atoms with E-state index in [-0.39, 0.29) is 6.23 Å². The number of hydrogen-bond acceptors (Lipinski definition) is 3. The van der Waals surface area contributed by atoms with Crippen LogP contribution in [0.4, 0.5) is 0 Å². The molecule has 0 aromatic heterocycles. The molecule has 0 aliphatic rings. The monoisotopic (exact) mass is 117 g/mol. The van der Waals surface area contributed by atoms with Gasteiger partial charge in [-0.1, -0.05) is 0 Å². The Hall–Kier alpha value is -0.540. The summed E-state index contributed by atoms with van der Waals surface area (Å²) in [6.07, 6.45) is 2.74. The van der Waals surface area contributed by atoms with Crippen molar-refractivity contribution in [2.24, 2.45) is 5.73 Å². The van der Waals surface area contributed by atoms with Gasteiger partial charge in [-0.15, -0.1) is 0 Å². The summed E-state index contributed by atoms with van der Waals surface area (Å²) in [6.45, 7) is 0. The van der Waals surface area contributed by atoms with E-state index in [0.717, 1.165) is 0 Å². The van der Waals surface area contributed by atoms with Gasteiger partial charge >= 0.3 is 0 Å². The minimum absolute atomic E-state index is 0.352. The predicted molar refractivity (Wildman–Crippen MR) is 31.1 cm³/mol. The fraction of sp³-hybridized carbons (Fsp3) is 0.600. The molecule has 0 rings (SSSR count). The lowest BCUT2D eigenvalue weighted by molar-refractivity contribution is 0.144. The molecule has 0 radical (unpaired) electrons. The summed E-state index contributed by atoms with van der Waals surface area (Å²) >= 11 is 0. The van der Waals surface area contributed by atoms with E-state index >= 15 is 0 Å². The van der Waals surface area contributed by atoms with Crippen molar-refractivity contribution in [1.82, 2.24) is 0 Å². The van der Waals surface area contributed by atoms with Crippen LogP contribution < -0.4 is 5.73 Å². The fourth-order valence-corrected chi connectivity index (χ4v) is 0.235. The van der Waals surface area contributed by atoms with Crippen LogP contribution in [0.25, 0.3) is 0 Å². The van der Waals surface area contributed by atoms with Crippen LogP contribution in [0.15, 0.2) is 12.3 Å². The molecule has 0 aromatic rings. The highest BCUT2D eigenvalue weighted by Crippen LogP contribution is 1.80. The van der Waals surface area contributed by atoms with Crippen LogP contribution in [-0.2, 0) is 9.47 Å². The van der Waals surface area contributed by atoms with Gasteiger partial charge in [0.15, 0.2) is 0 Å². The first-order valence-corrected chi connectivity index (χ1v) is 2.29. The van der Waals surface area contributed by atoms with Crippen molar-refractivity contribution in [2.45, 2.75) is 6.23 Å². The molecule has 0 saturated carbocycles. The largest absolute Gasteiger partial charge is 0.505 e. The van der Waals surface area contributed by atoms with Crippen LogP contribution in [0, 0.1) is 0 Å². The minimum atomic E-state index is -0.352. The zero-order chi connectivity index (χ0) is 6.41. The van der Waals surface area contributed by atoms with Gasteiger partial charge in [0.25, 0.3) is 0 Å². The Morgan fingerprint density at radius 1 is 1.50 bits per heavy atom. The Morgan fingerprint density at radius 2 is 2.12 bits per heavy atom. The van der Waals surface area contributed by atoms with Crippen molar-refractivity contribution in [3.05, 3.63) is 12.3 Å². The second-order valence-corrected chi connectivity index (χ2v) is 1.26. The first kappa shape index (κ1) is 7.46. The van der Waals surface area contributed by atoms with E-state index in [2.05, 4.69) is 9.47 Å². The van der Waals surface area contributed by atoms with Crippen LogP contribution in [-0.4, -0.2) is 20.4 Å². The standard InChI is InChI=1S/C5H11NO2/c1-7-4-3-5(6)8-2/h3-5H,6H2,1-2H3/b4-3+. The number of rotatable bonds is 3. The SMILES string of the molecule is CO/C=C/C(N)OC. The van der Waals surface area contributed by atoms with Crippen molar-refractivity contribution in [1.29, 1.82) is 0 Å². The third-order valence-electron chi connectivity index (χ3n) is 0.676. The van der Waals surface area contributed by atoms with Crippen molar-refractivity contribution >= 4 is 0 Å². The molecule has 0 spiro atoms. The molecule has 0 saturated heterocycles. The molecule has 0 aliphatic carbocycles. The zero-order valence-corrected chi connectivity index (χ0v) is 5.13. The number of ether oxygens (including phenoxy) is 2. The summed E-state index contributed by atoms with van der Waals surface area (Å²) in [5, 5.41) is 0. The Bertz CT molecular complexity index is 72.8. The van der Waals surface area contributed by atoms with E-state index in [1.54, 1.807) is 13.2 Å². The summed E-state index contributed by atoms with van der Waals surface area (Å²) < 4.78 is 9.24. The van der Waals surface area contributed by atoms with Crippen molar-refractivity contribution in [3.8, 4) is 0 Å². The van der Waals surface area contributed by atoms with Crippen LogP contribution in [0.5, 0.6) is 0 Å². The molecule has 0 amide bonds. The summed E-state index contributed by atoms with van der Waals surface area (Å²) in [4.78, 5) is 0. The van der Waals surface area contributed by atoms with Crippen LogP contribution in [0.2, 0.25) is 0 Å². The van der Waals surface area contributed by atoms with E-state index in [1.165, 1.54) is 13.4 Å². The molecular weight excluding hydrogens is 106 g/mol. The first-order valence-electron chi connectivity index (χ1n) is 2.29. The molecule has 0 fully saturated rings. The van der Waals surface area contributed by atoms with Crippen molar-refractivity contribution in [2.75, 3.05) is 14.2 Å². The summed E-state index contributed by atoms with van der Waals surface area (Å²) in [7, 11) is 3.09. The Kier molecular flexibility index (Phi) is 4.30. The molecule has 3 heteroatoms. The lowest BCUT2D eigenvalue weighted by Gasteiger charge is -1.99. The second kappa shape index (κ2) is 4.61. The van der Waals surface area contributed by atoms with Gasteiger partial charge in [0.05, 0.1) is 13.4 Å². The molecule has 3 nitrogen and oxygen atoms in total. The summed E-state index contributed by atoms with van der Waals surface area (Å²) in [6, 6.07) is 0. The number of hydrogen-bond donors (Lipinski definition) is 1. The maximum Gasteiger partial charge on any atom is 0.127 e. The molecule has 1 unspecified atom stereocenters. The lowest BCUT2D eigenvalue weighted by atomic mass is 10.6. The molecular formula is C5H11NO2. The van der Waals surface area contributed by atoms with Crippen LogP contribution in [0.3, 0.4) is 0 Å². The van der Waals surface area contributed by atoms with E-state index < -0.39 is 0 Å². The van der Waals surface area contributed by atoms with Crippen molar-refractivity contribution < 1.29 is 9.47 Å². The number of nitrogens with two attached hydrogens (primary N) is 1. The van der Waals surface area contributed by atoms with Crippen LogP contribution in [0.1, 0.15) is 0 Å². The summed E-state index contributed by atoms with van der Waals surface area (Å²) in [5.41, 5.74) is 5.27. The van der Waals surface area contributed by atoms with E-state index in [9.17, 15) is 0 Å². The second-order valence-electron chi connectivity index (χ2n) is 1.26. The normalized spacial score (nSPS) is 14.4. The molecule has 0 heterocycles. The van der Waals surface area contributed by atoms with Gasteiger partial charge in [0.2, 0.25) is 0 Å². The average Bonchev–Trinajstić information content (AvgIpc) is 1.83. The smallest absolute Gasteiger partial charge is 0.127 e. The van der Waals surface area contributed by atoms with Gasteiger partial charge in [-0.05, 0) is 6.08 Å². The molecule has 0 bridgehead atoms. The first-order chi connectivity index (χ1) is 3.81. The Labute approximate surface area is 49.1 Å². The molecule has 8 heavy (non-hydrogen) atoms. The highest BCUT2D eigenvalue weighted by atomic mass is 16.5. The molecule has 2 N–H and O–H groups in total. The highest BCUT2D eigenvalue weighted by molar-refractivity contribution is 4.78. The molecule has 48 valence electrons. The zero-order valence-electron chi connectivity index (χ0n) is 5.13. The third kappa shape index (κ3) is 3.64. The van der Waals surface area contributed by atoms with Crippen LogP contribution >= 0.6 is 0 Å². The van der Waals surface area contributed by atoms with Gasteiger partial charge in [0.1, 0.15) is 6.23 Å². The molecule has 1 atom stereocenters. The van der Waals surface area contributed by atoms with Crippen molar-refractivity contribution in [3.63, 3.8) is 0 Å². The maximum atomic E-state index is 5.27. The molecule has 0 aliphatic heterocycles.